The standard InChI is InChI=1S/C81H82N4O/c1-54(2)69-35-26-36-70(55(3)4)77(69)57-43-65(83-52-75(56-27-18-14-19-28-56)84(53-83)66-46-63(80(10,11)59-31-22-16-23-32-59)45-64(47-66)81(12,13)60-33-24-17-25-34-60)50-68(44-57)86-67-38-39-71-72-48-62(79(8,9)58-29-20-15-21-30-58)37-40-73(72)85(74(71)51-67)76-49-61(41-42-82-76)78(5,6)7/h14-52,54-55H,53H2,1-13H3. The number of aromatic nitrogens is 2. The van der Waals surface area contributed by atoms with Gasteiger partial charge in [0.15, 0.2) is 0 Å². The maximum atomic E-state index is 7.37. The van der Waals surface area contributed by atoms with Crippen LogP contribution in [0.1, 0.15) is 157 Å². The van der Waals surface area contributed by atoms with E-state index < -0.39 is 0 Å². The Kier molecular flexibility index (Phi) is 15.0. The minimum atomic E-state index is -0.292. The van der Waals surface area contributed by atoms with E-state index in [1.807, 2.05) is 6.20 Å². The summed E-state index contributed by atoms with van der Waals surface area (Å²) in [6.07, 6.45) is 4.31. The Balaban J connectivity index is 1.03. The summed E-state index contributed by atoms with van der Waals surface area (Å²) in [6.45, 7) is 30.7. The van der Waals surface area contributed by atoms with Crippen molar-refractivity contribution in [2.75, 3.05) is 16.5 Å². The molecule has 5 heteroatoms. The fraction of sp³-hybridized carbons (Fsp3) is 0.247. The van der Waals surface area contributed by atoms with Crippen molar-refractivity contribution < 1.29 is 4.74 Å². The largest absolute Gasteiger partial charge is 0.457 e. The lowest BCUT2D eigenvalue weighted by Gasteiger charge is -2.34. The van der Waals surface area contributed by atoms with Crippen LogP contribution in [0.2, 0.25) is 0 Å². The highest BCUT2D eigenvalue weighted by Gasteiger charge is 2.33. The van der Waals surface area contributed by atoms with E-state index in [0.717, 1.165) is 61.9 Å². The number of rotatable bonds is 15. The summed E-state index contributed by atoms with van der Waals surface area (Å²) in [4.78, 5) is 10.0. The number of nitrogens with zero attached hydrogens (tertiary/aromatic N) is 4. The van der Waals surface area contributed by atoms with Crippen LogP contribution in [-0.2, 0) is 21.7 Å². The Morgan fingerprint density at radius 2 is 0.965 bits per heavy atom. The van der Waals surface area contributed by atoms with Crippen LogP contribution in [0.4, 0.5) is 11.4 Å². The monoisotopic (exact) mass is 1130 g/mol. The molecule has 0 N–H and O–H groups in total. The minimum absolute atomic E-state index is 0.0705. The molecule has 3 heterocycles. The van der Waals surface area contributed by atoms with Gasteiger partial charge in [-0.3, -0.25) is 4.57 Å². The average Bonchev–Trinajstić information content (AvgIpc) is 2.35. The molecule has 9 aromatic carbocycles. The lowest BCUT2D eigenvalue weighted by atomic mass is 9.73. The maximum Gasteiger partial charge on any atom is 0.137 e. The summed E-state index contributed by atoms with van der Waals surface area (Å²) in [6, 6.07) is 82.7. The van der Waals surface area contributed by atoms with Crippen LogP contribution in [-0.4, -0.2) is 16.2 Å². The van der Waals surface area contributed by atoms with Crippen molar-refractivity contribution in [1.82, 2.24) is 9.55 Å². The number of hydrogen-bond acceptors (Lipinski definition) is 4. The van der Waals surface area contributed by atoms with E-state index in [1.54, 1.807) is 0 Å². The summed E-state index contributed by atoms with van der Waals surface area (Å²) in [5.74, 6) is 2.97. The van der Waals surface area contributed by atoms with E-state index in [1.165, 1.54) is 61.0 Å². The first kappa shape index (κ1) is 57.5. The van der Waals surface area contributed by atoms with Crippen LogP contribution in [0.15, 0.2) is 237 Å². The van der Waals surface area contributed by atoms with Gasteiger partial charge in [0.1, 0.15) is 17.3 Å². The fourth-order valence-corrected chi connectivity index (χ4v) is 12.9. The van der Waals surface area contributed by atoms with E-state index in [-0.39, 0.29) is 21.7 Å². The molecular formula is C81H82N4O. The quantitative estimate of drug-likeness (QED) is 0.102. The highest BCUT2D eigenvalue weighted by atomic mass is 16.5. The number of anilines is 2. The van der Waals surface area contributed by atoms with Crippen LogP contribution in [0.3, 0.4) is 0 Å². The van der Waals surface area contributed by atoms with Gasteiger partial charge < -0.3 is 14.5 Å². The van der Waals surface area contributed by atoms with Gasteiger partial charge in [-0.05, 0) is 145 Å². The fourth-order valence-electron chi connectivity index (χ4n) is 12.9. The van der Waals surface area contributed by atoms with Gasteiger partial charge >= 0.3 is 0 Å². The number of fused-ring (bicyclic) bond motifs is 3. The predicted octanol–water partition coefficient (Wildman–Crippen LogP) is 21.4. The lowest BCUT2D eigenvalue weighted by Crippen LogP contribution is -2.28. The van der Waals surface area contributed by atoms with Crippen molar-refractivity contribution in [3.8, 4) is 28.4 Å². The van der Waals surface area contributed by atoms with Crippen molar-refractivity contribution in [3.05, 3.63) is 292 Å². The maximum absolute atomic E-state index is 7.37. The second-order valence-corrected chi connectivity index (χ2v) is 27.0. The average molecular weight is 1130 g/mol. The highest BCUT2D eigenvalue weighted by molar-refractivity contribution is 6.10. The molecule has 5 nitrogen and oxygen atoms in total. The molecule has 432 valence electrons. The second-order valence-electron chi connectivity index (χ2n) is 27.0. The van der Waals surface area contributed by atoms with E-state index in [4.69, 9.17) is 9.72 Å². The third-order valence-electron chi connectivity index (χ3n) is 18.5. The normalized spacial score (nSPS) is 13.4. The van der Waals surface area contributed by atoms with Gasteiger partial charge in [0.2, 0.25) is 0 Å². The molecule has 0 atom stereocenters. The highest BCUT2D eigenvalue weighted by Crippen LogP contribution is 2.47. The van der Waals surface area contributed by atoms with Crippen molar-refractivity contribution in [2.24, 2.45) is 0 Å². The van der Waals surface area contributed by atoms with Gasteiger partial charge in [0, 0.05) is 62.9 Å². The van der Waals surface area contributed by atoms with Crippen LogP contribution in [0, 0.1) is 0 Å². The zero-order valence-electron chi connectivity index (χ0n) is 52.6. The molecule has 0 bridgehead atoms. The summed E-state index contributed by atoms with van der Waals surface area (Å²) >= 11 is 0. The Hall–Kier alpha value is -8.93. The molecule has 12 rings (SSSR count). The van der Waals surface area contributed by atoms with Crippen LogP contribution in [0.25, 0.3) is 44.4 Å². The van der Waals surface area contributed by atoms with Gasteiger partial charge in [-0.1, -0.05) is 242 Å². The Bertz CT molecular complexity index is 4200. The van der Waals surface area contributed by atoms with Crippen molar-refractivity contribution in [3.63, 3.8) is 0 Å². The first-order valence-corrected chi connectivity index (χ1v) is 30.8. The van der Waals surface area contributed by atoms with Crippen molar-refractivity contribution in [2.45, 2.75) is 124 Å². The molecule has 0 spiro atoms. The van der Waals surface area contributed by atoms with Crippen molar-refractivity contribution >= 4 is 38.9 Å². The number of benzene rings is 9. The lowest BCUT2D eigenvalue weighted by molar-refractivity contribution is 0.483. The molecule has 0 fully saturated rings. The van der Waals surface area contributed by atoms with E-state index >= 15 is 0 Å². The molecule has 1 aliphatic rings. The molecule has 86 heavy (non-hydrogen) atoms. The molecule has 2 aromatic heterocycles. The molecule has 0 unspecified atom stereocenters. The van der Waals surface area contributed by atoms with Crippen LogP contribution < -0.4 is 14.5 Å². The first-order valence-electron chi connectivity index (χ1n) is 30.8. The molecule has 0 saturated heterocycles. The Morgan fingerprint density at radius 3 is 1.52 bits per heavy atom. The third kappa shape index (κ3) is 10.8. The molecule has 0 amide bonds. The van der Waals surface area contributed by atoms with E-state index in [0.29, 0.717) is 18.5 Å². The SMILES string of the molecule is CC(C)c1cccc(C(C)C)c1-c1cc(Oc2ccc3c4cc(C(C)(C)c5ccccc5)ccc4n(-c4cc(C(C)(C)C)ccn4)c3c2)cc(N2C=C(c3ccccc3)N(c3cc(C(C)(C)c4ccccc4)cc(C(C)(C)c4ccccc4)c3)C2)c1. The molecule has 0 saturated carbocycles. The van der Waals surface area contributed by atoms with Gasteiger partial charge in [-0.25, -0.2) is 4.98 Å². The molecular weight excluding hydrogens is 1040 g/mol. The molecule has 11 aromatic rings. The molecule has 0 radical (unpaired) electrons. The topological polar surface area (TPSA) is 33.5 Å². The number of pyridine rings is 1. The minimum Gasteiger partial charge on any atom is -0.457 e. The van der Waals surface area contributed by atoms with Crippen molar-refractivity contribution in [1.29, 1.82) is 0 Å². The Morgan fingerprint density at radius 1 is 0.407 bits per heavy atom. The first-order chi connectivity index (χ1) is 41.2. The van der Waals surface area contributed by atoms with Gasteiger partial charge in [0.05, 0.1) is 23.4 Å². The second kappa shape index (κ2) is 22.5. The van der Waals surface area contributed by atoms with Gasteiger partial charge in [-0.15, -0.1) is 0 Å². The van der Waals surface area contributed by atoms with Crippen LogP contribution >= 0.6 is 0 Å². The molecule has 1 aliphatic heterocycles. The number of ether oxygens (including phenoxy) is 1. The summed E-state index contributed by atoms with van der Waals surface area (Å²) in [7, 11) is 0. The van der Waals surface area contributed by atoms with Gasteiger partial charge in [0.25, 0.3) is 0 Å². The Labute approximate surface area is 511 Å². The van der Waals surface area contributed by atoms with Crippen LogP contribution in [0.5, 0.6) is 11.5 Å². The summed E-state index contributed by atoms with van der Waals surface area (Å²) in [5.41, 5.74) is 19.6. The smallest absolute Gasteiger partial charge is 0.137 e. The molecule has 0 aliphatic carbocycles. The zero-order valence-corrected chi connectivity index (χ0v) is 52.6. The van der Waals surface area contributed by atoms with Gasteiger partial charge in [-0.2, -0.15) is 0 Å². The number of hydrogen-bond donors (Lipinski definition) is 0. The summed E-state index contributed by atoms with van der Waals surface area (Å²) in [5, 5.41) is 2.32. The zero-order chi connectivity index (χ0) is 60.3. The third-order valence-corrected chi connectivity index (χ3v) is 18.5. The van der Waals surface area contributed by atoms with E-state index in [9.17, 15) is 0 Å². The summed E-state index contributed by atoms with van der Waals surface area (Å²) < 4.78 is 9.70. The predicted molar refractivity (Wildman–Crippen MR) is 364 cm³/mol. The van der Waals surface area contributed by atoms with E-state index in [2.05, 4.69) is 335 Å².